The van der Waals surface area contributed by atoms with E-state index in [2.05, 4.69) is 32.3 Å². The molecule has 1 aromatic carbocycles. The Hall–Kier alpha value is -3.13. The van der Waals surface area contributed by atoms with Gasteiger partial charge in [-0.3, -0.25) is 0 Å². The Labute approximate surface area is 142 Å². The molecule has 0 fully saturated rings. The highest BCUT2D eigenvalue weighted by atomic mass is 16.6. The summed E-state index contributed by atoms with van der Waals surface area (Å²) in [6, 6.07) is 5.80. The number of rotatable bonds is 5. The second-order valence-electron chi connectivity index (χ2n) is 4.82. The number of allylic oxidation sites excluding steroid dienone is 3. The molecular weight excluding hydrogens is 300 g/mol. The fraction of sp³-hybridized carbons (Fsp3) is 0.211. The second-order valence-corrected chi connectivity index (χ2v) is 4.82. The molecule has 0 aliphatic carbocycles. The molecule has 0 saturated heterocycles. The third kappa shape index (κ3) is 3.99. The van der Waals surface area contributed by atoms with Gasteiger partial charge in [0.1, 0.15) is 19.3 Å². The zero-order valence-corrected chi connectivity index (χ0v) is 14.3. The van der Waals surface area contributed by atoms with Crippen LogP contribution in [-0.4, -0.2) is 22.8 Å². The lowest BCUT2D eigenvalue weighted by Crippen LogP contribution is -2.03. The zero-order chi connectivity index (χ0) is 17.4. The number of nitrogens with one attached hydrogen (secondary N) is 1. The standard InChI is InChI=1S/C19H20N4O/c1-5-8-15(7-3)22-19-16-12-14(17(9-6-2)23-24-4)10-11-18(16)20-13-21-19/h5,7-8,10-13H,1-4H3,(H,20,21,22)/b8-5-,15-7+,23-17+. The van der Waals surface area contributed by atoms with Crippen molar-refractivity contribution in [2.75, 3.05) is 12.4 Å². The molecule has 122 valence electrons. The topological polar surface area (TPSA) is 59.4 Å². The second kappa shape index (κ2) is 8.49. The van der Waals surface area contributed by atoms with Crippen molar-refractivity contribution in [3.8, 4) is 11.8 Å². The summed E-state index contributed by atoms with van der Waals surface area (Å²) in [7, 11) is 1.50. The minimum absolute atomic E-state index is 0.566. The van der Waals surface area contributed by atoms with Crippen molar-refractivity contribution in [1.29, 1.82) is 0 Å². The van der Waals surface area contributed by atoms with Crippen molar-refractivity contribution in [1.82, 2.24) is 9.97 Å². The van der Waals surface area contributed by atoms with E-state index < -0.39 is 0 Å². The summed E-state index contributed by atoms with van der Waals surface area (Å²) in [5.74, 6) is 6.52. The Morgan fingerprint density at radius 1 is 1.29 bits per heavy atom. The Balaban J connectivity index is 2.55. The van der Waals surface area contributed by atoms with Crippen molar-refractivity contribution >= 4 is 22.4 Å². The molecule has 5 nitrogen and oxygen atoms in total. The summed E-state index contributed by atoms with van der Waals surface area (Å²) in [6.45, 7) is 5.70. The van der Waals surface area contributed by atoms with Gasteiger partial charge in [-0.25, -0.2) is 9.97 Å². The van der Waals surface area contributed by atoms with Crippen LogP contribution in [0.1, 0.15) is 26.3 Å². The number of oxime groups is 1. The van der Waals surface area contributed by atoms with Crippen LogP contribution in [0.5, 0.6) is 0 Å². The minimum atomic E-state index is 0.566. The molecule has 1 N–H and O–H groups in total. The molecular formula is C19H20N4O. The van der Waals surface area contributed by atoms with Gasteiger partial charge < -0.3 is 10.2 Å². The summed E-state index contributed by atoms with van der Waals surface area (Å²) in [4.78, 5) is 13.6. The van der Waals surface area contributed by atoms with E-state index in [0.29, 0.717) is 5.71 Å². The quantitative estimate of drug-likeness (QED) is 0.393. The predicted molar refractivity (Wildman–Crippen MR) is 98.7 cm³/mol. The lowest BCUT2D eigenvalue weighted by atomic mass is 10.1. The van der Waals surface area contributed by atoms with Gasteiger partial charge in [-0.05, 0) is 51.0 Å². The van der Waals surface area contributed by atoms with Gasteiger partial charge in [0.2, 0.25) is 0 Å². The van der Waals surface area contributed by atoms with E-state index in [1.807, 2.05) is 50.3 Å². The monoisotopic (exact) mass is 320 g/mol. The first-order valence-corrected chi connectivity index (χ1v) is 7.58. The molecule has 1 heterocycles. The van der Waals surface area contributed by atoms with Crippen LogP contribution in [0.25, 0.3) is 10.9 Å². The maximum atomic E-state index is 4.89. The number of benzene rings is 1. The lowest BCUT2D eigenvalue weighted by Gasteiger charge is -2.10. The maximum absolute atomic E-state index is 4.89. The van der Waals surface area contributed by atoms with Gasteiger partial charge in [-0.2, -0.15) is 0 Å². The van der Waals surface area contributed by atoms with Crippen LogP contribution in [0.3, 0.4) is 0 Å². The third-order valence-corrected chi connectivity index (χ3v) is 3.25. The third-order valence-electron chi connectivity index (χ3n) is 3.25. The van der Waals surface area contributed by atoms with Crippen molar-refractivity contribution < 1.29 is 4.84 Å². The number of fused-ring (bicyclic) bond motifs is 1. The highest BCUT2D eigenvalue weighted by Crippen LogP contribution is 2.22. The zero-order valence-electron chi connectivity index (χ0n) is 14.3. The van der Waals surface area contributed by atoms with Gasteiger partial charge in [-0.15, -0.1) is 0 Å². The molecule has 0 unspecified atom stereocenters. The molecule has 24 heavy (non-hydrogen) atoms. The SMILES string of the molecule is CC#C/C(=N\OC)c1ccc2ncnc(NC(/C=C\C)=C/C)c2c1. The van der Waals surface area contributed by atoms with Crippen molar-refractivity contribution in [3.63, 3.8) is 0 Å². The molecule has 0 spiro atoms. The largest absolute Gasteiger partial charge is 0.398 e. The average Bonchev–Trinajstić information content (AvgIpc) is 2.61. The molecule has 0 bridgehead atoms. The van der Waals surface area contributed by atoms with E-state index in [4.69, 9.17) is 4.84 Å². The van der Waals surface area contributed by atoms with Crippen LogP contribution in [0.2, 0.25) is 0 Å². The van der Waals surface area contributed by atoms with Crippen LogP contribution < -0.4 is 5.32 Å². The van der Waals surface area contributed by atoms with E-state index >= 15 is 0 Å². The van der Waals surface area contributed by atoms with Gasteiger partial charge in [0, 0.05) is 16.6 Å². The van der Waals surface area contributed by atoms with Crippen LogP contribution in [0, 0.1) is 11.8 Å². The normalized spacial score (nSPS) is 12.2. The number of anilines is 1. The van der Waals surface area contributed by atoms with Crippen molar-refractivity contribution in [2.45, 2.75) is 20.8 Å². The van der Waals surface area contributed by atoms with Crippen LogP contribution in [0.15, 0.2) is 53.6 Å². The fourth-order valence-electron chi connectivity index (χ4n) is 2.19. The number of hydrogen-bond acceptors (Lipinski definition) is 5. The number of aromatic nitrogens is 2. The molecule has 0 atom stereocenters. The van der Waals surface area contributed by atoms with E-state index in [1.54, 1.807) is 13.3 Å². The lowest BCUT2D eigenvalue weighted by molar-refractivity contribution is 0.214. The highest BCUT2D eigenvalue weighted by molar-refractivity contribution is 6.14. The van der Waals surface area contributed by atoms with E-state index in [-0.39, 0.29) is 0 Å². The fourth-order valence-corrected chi connectivity index (χ4v) is 2.19. The molecule has 0 saturated carbocycles. The predicted octanol–water partition coefficient (Wildman–Crippen LogP) is 3.90. The first kappa shape index (κ1) is 17.2. The van der Waals surface area contributed by atoms with Crippen LogP contribution >= 0.6 is 0 Å². The molecule has 0 aliphatic rings. The van der Waals surface area contributed by atoms with Crippen LogP contribution in [-0.2, 0) is 4.84 Å². The first-order valence-electron chi connectivity index (χ1n) is 7.58. The Morgan fingerprint density at radius 3 is 2.79 bits per heavy atom. The molecule has 2 aromatic rings. The van der Waals surface area contributed by atoms with Gasteiger partial charge in [0.05, 0.1) is 5.52 Å². The maximum Gasteiger partial charge on any atom is 0.159 e. The van der Waals surface area contributed by atoms with Crippen molar-refractivity contribution in [2.24, 2.45) is 5.16 Å². The summed E-state index contributed by atoms with van der Waals surface area (Å²) < 4.78 is 0. The Kier molecular flexibility index (Phi) is 6.09. The first-order chi connectivity index (χ1) is 11.7. The van der Waals surface area contributed by atoms with Gasteiger partial charge >= 0.3 is 0 Å². The van der Waals surface area contributed by atoms with Crippen molar-refractivity contribution in [3.05, 3.63) is 54.0 Å². The highest BCUT2D eigenvalue weighted by Gasteiger charge is 2.08. The molecule has 2 rings (SSSR count). The number of nitrogens with zero attached hydrogens (tertiary/aromatic N) is 3. The van der Waals surface area contributed by atoms with Gasteiger partial charge in [0.25, 0.3) is 0 Å². The Bertz CT molecular complexity index is 870. The molecule has 0 aliphatic heterocycles. The summed E-state index contributed by atoms with van der Waals surface area (Å²) in [5.41, 5.74) is 3.22. The van der Waals surface area contributed by atoms with Gasteiger partial charge in [0.15, 0.2) is 5.71 Å². The average molecular weight is 320 g/mol. The molecule has 0 amide bonds. The minimum Gasteiger partial charge on any atom is -0.398 e. The number of hydrogen-bond donors (Lipinski definition) is 1. The molecule has 5 heteroatoms. The molecule has 0 radical (unpaired) electrons. The van der Waals surface area contributed by atoms with Gasteiger partial charge in [-0.1, -0.05) is 23.2 Å². The smallest absolute Gasteiger partial charge is 0.159 e. The van der Waals surface area contributed by atoms with E-state index in [9.17, 15) is 0 Å². The summed E-state index contributed by atoms with van der Waals surface area (Å²) >= 11 is 0. The van der Waals surface area contributed by atoms with E-state index in [0.717, 1.165) is 28.0 Å². The summed E-state index contributed by atoms with van der Waals surface area (Å²) in [6.07, 6.45) is 7.48. The molecule has 1 aromatic heterocycles. The summed E-state index contributed by atoms with van der Waals surface area (Å²) in [5, 5.41) is 8.19. The van der Waals surface area contributed by atoms with E-state index in [1.165, 1.54) is 7.11 Å². The Morgan fingerprint density at radius 2 is 2.12 bits per heavy atom. The van der Waals surface area contributed by atoms with Crippen LogP contribution in [0.4, 0.5) is 5.82 Å².